The molecule has 1 N–H and O–H groups in total. The molecule has 0 saturated carbocycles. The van der Waals surface area contributed by atoms with Crippen LogP contribution in [0.4, 0.5) is 15.8 Å². The van der Waals surface area contributed by atoms with Gasteiger partial charge >= 0.3 is 5.69 Å². The minimum atomic E-state index is -0.821. The van der Waals surface area contributed by atoms with Gasteiger partial charge in [0.2, 0.25) is 5.82 Å². The fourth-order valence-corrected chi connectivity index (χ4v) is 3.58. The van der Waals surface area contributed by atoms with Crippen molar-refractivity contribution in [3.05, 3.63) is 95.7 Å². The molecular formula is C18H11Br2FN2O5S. The zero-order valence-corrected chi connectivity index (χ0v) is 18.3. The maximum atomic E-state index is 12.6. The van der Waals surface area contributed by atoms with Gasteiger partial charge in [-0.15, -0.1) is 0 Å². The van der Waals surface area contributed by atoms with Crippen LogP contribution in [0.15, 0.2) is 79.4 Å². The lowest BCUT2D eigenvalue weighted by Gasteiger charge is -2.03. The van der Waals surface area contributed by atoms with Gasteiger partial charge in [0.05, 0.1) is 14.7 Å². The maximum Gasteiger partial charge on any atom is 0.305 e. The van der Waals surface area contributed by atoms with Crippen molar-refractivity contribution in [2.24, 2.45) is 0 Å². The SMILES string of the molecule is O=[N+]([O-])c1cc(Br)ccc1F.O=[N+]([O-])c1cc(Br)ccc1Sc1ccc(O)cc1. The van der Waals surface area contributed by atoms with Gasteiger partial charge in [-0.3, -0.25) is 20.2 Å². The van der Waals surface area contributed by atoms with Crippen LogP contribution in [0.2, 0.25) is 0 Å². The summed E-state index contributed by atoms with van der Waals surface area (Å²) in [6.07, 6.45) is 0. The standard InChI is InChI=1S/C12H8BrNO3S.C6H3BrFNO2/c13-8-1-6-12(11(7-8)14(16)17)18-10-4-2-9(15)3-5-10;7-4-1-2-5(8)6(3-4)9(10)11/h1-7,15H;1-3H. The Labute approximate surface area is 185 Å². The van der Waals surface area contributed by atoms with Gasteiger partial charge in [0.1, 0.15) is 5.75 Å². The van der Waals surface area contributed by atoms with Crippen LogP contribution < -0.4 is 0 Å². The normalized spacial score (nSPS) is 10.0. The van der Waals surface area contributed by atoms with E-state index in [1.54, 1.807) is 36.4 Å². The van der Waals surface area contributed by atoms with Crippen LogP contribution in [0.3, 0.4) is 0 Å². The predicted octanol–water partition coefficient (Wildman–Crippen LogP) is 6.71. The first-order valence-corrected chi connectivity index (χ1v) is 10.1. The number of hydrogen-bond acceptors (Lipinski definition) is 6. The minimum absolute atomic E-state index is 0.0578. The number of nitrogens with zero attached hydrogens (tertiary/aromatic N) is 2. The van der Waals surface area contributed by atoms with Crippen LogP contribution in [0.1, 0.15) is 0 Å². The molecule has 0 bridgehead atoms. The van der Waals surface area contributed by atoms with Crippen LogP contribution in [-0.4, -0.2) is 15.0 Å². The molecule has 0 atom stereocenters. The molecule has 0 amide bonds. The molecule has 0 aliphatic carbocycles. The van der Waals surface area contributed by atoms with Crippen LogP contribution in [0.25, 0.3) is 0 Å². The third-order valence-corrected chi connectivity index (χ3v) is 5.35. The number of aromatic hydroxyl groups is 1. The summed E-state index contributed by atoms with van der Waals surface area (Å²) in [5.74, 6) is -0.650. The fraction of sp³-hybridized carbons (Fsp3) is 0. The van der Waals surface area contributed by atoms with E-state index < -0.39 is 21.4 Å². The van der Waals surface area contributed by atoms with Gasteiger partial charge in [-0.2, -0.15) is 4.39 Å². The third-order valence-electron chi connectivity index (χ3n) is 3.29. The molecule has 0 radical (unpaired) electrons. The summed E-state index contributed by atoms with van der Waals surface area (Å²) in [5, 5.41) is 30.2. The van der Waals surface area contributed by atoms with Gasteiger partial charge in [-0.1, -0.05) is 43.6 Å². The number of phenolic OH excluding ortho intramolecular Hbond substituents is 1. The molecule has 150 valence electrons. The third kappa shape index (κ3) is 6.80. The molecule has 3 rings (SSSR count). The Hall–Kier alpha value is -2.50. The first kappa shape index (κ1) is 22.8. The summed E-state index contributed by atoms with van der Waals surface area (Å²) in [6.45, 7) is 0. The first-order chi connectivity index (χ1) is 13.7. The minimum Gasteiger partial charge on any atom is -0.508 e. The monoisotopic (exact) mass is 544 g/mol. The number of nitro benzene ring substituents is 2. The van der Waals surface area contributed by atoms with Gasteiger partial charge in [-0.05, 0) is 48.5 Å². The Kier molecular flexibility index (Phi) is 8.11. The van der Waals surface area contributed by atoms with Gasteiger partial charge in [0.15, 0.2) is 0 Å². The molecule has 3 aromatic carbocycles. The Morgan fingerprint density at radius 2 is 1.34 bits per heavy atom. The highest BCUT2D eigenvalue weighted by molar-refractivity contribution is 9.10. The highest BCUT2D eigenvalue weighted by atomic mass is 79.9. The molecule has 0 aliphatic rings. The van der Waals surface area contributed by atoms with Crippen molar-refractivity contribution in [3.8, 4) is 5.75 Å². The Morgan fingerprint density at radius 1 is 0.828 bits per heavy atom. The van der Waals surface area contributed by atoms with E-state index in [0.717, 1.165) is 17.0 Å². The highest BCUT2D eigenvalue weighted by Crippen LogP contribution is 2.36. The van der Waals surface area contributed by atoms with Gasteiger partial charge in [0.25, 0.3) is 5.69 Å². The Morgan fingerprint density at radius 3 is 1.86 bits per heavy atom. The van der Waals surface area contributed by atoms with Crippen molar-refractivity contribution in [2.45, 2.75) is 9.79 Å². The summed E-state index contributed by atoms with van der Waals surface area (Å²) >= 11 is 7.49. The van der Waals surface area contributed by atoms with Crippen LogP contribution in [0, 0.1) is 26.0 Å². The average Bonchev–Trinajstić information content (AvgIpc) is 2.67. The van der Waals surface area contributed by atoms with Crippen molar-refractivity contribution < 1.29 is 19.3 Å². The molecule has 0 aromatic heterocycles. The molecule has 0 fully saturated rings. The lowest BCUT2D eigenvalue weighted by atomic mass is 10.3. The molecule has 11 heteroatoms. The predicted molar refractivity (Wildman–Crippen MR) is 114 cm³/mol. The van der Waals surface area contributed by atoms with Crippen LogP contribution in [0.5, 0.6) is 5.75 Å². The van der Waals surface area contributed by atoms with Gasteiger partial charge in [0, 0.05) is 26.0 Å². The number of halogens is 3. The van der Waals surface area contributed by atoms with E-state index >= 15 is 0 Å². The van der Waals surface area contributed by atoms with Crippen LogP contribution >= 0.6 is 43.6 Å². The molecule has 0 heterocycles. The van der Waals surface area contributed by atoms with Crippen molar-refractivity contribution in [2.75, 3.05) is 0 Å². The van der Waals surface area contributed by atoms with E-state index in [4.69, 9.17) is 0 Å². The number of phenols is 1. The second-order valence-corrected chi connectivity index (χ2v) is 8.26. The van der Waals surface area contributed by atoms with Crippen LogP contribution in [-0.2, 0) is 0 Å². The zero-order valence-electron chi connectivity index (χ0n) is 14.3. The summed E-state index contributed by atoms with van der Waals surface area (Å²) in [5.41, 5.74) is -0.457. The first-order valence-electron chi connectivity index (χ1n) is 7.67. The molecule has 0 spiro atoms. The Balaban J connectivity index is 0.000000234. The quantitative estimate of drug-likeness (QED) is 0.288. The highest BCUT2D eigenvalue weighted by Gasteiger charge is 2.15. The summed E-state index contributed by atoms with van der Waals surface area (Å²) < 4.78 is 13.7. The van der Waals surface area contributed by atoms with E-state index in [2.05, 4.69) is 31.9 Å². The summed E-state index contributed by atoms with van der Waals surface area (Å²) in [4.78, 5) is 21.3. The van der Waals surface area contributed by atoms with E-state index in [1.807, 2.05) is 0 Å². The molecule has 7 nitrogen and oxygen atoms in total. The van der Waals surface area contributed by atoms with Gasteiger partial charge < -0.3 is 5.11 Å². The zero-order chi connectivity index (χ0) is 21.6. The van der Waals surface area contributed by atoms with E-state index in [9.17, 15) is 29.7 Å². The van der Waals surface area contributed by atoms with E-state index in [1.165, 1.54) is 23.9 Å². The number of hydrogen-bond donors (Lipinski definition) is 1. The number of rotatable bonds is 4. The number of nitro groups is 2. The Bertz CT molecular complexity index is 1050. The average molecular weight is 546 g/mol. The lowest BCUT2D eigenvalue weighted by Crippen LogP contribution is -1.91. The fourth-order valence-electron chi connectivity index (χ4n) is 1.99. The maximum absolute atomic E-state index is 12.6. The van der Waals surface area contributed by atoms with E-state index in [-0.39, 0.29) is 11.4 Å². The molecular weight excluding hydrogens is 535 g/mol. The lowest BCUT2D eigenvalue weighted by molar-refractivity contribution is -0.387. The van der Waals surface area contributed by atoms with Crippen molar-refractivity contribution in [1.29, 1.82) is 0 Å². The van der Waals surface area contributed by atoms with Crippen molar-refractivity contribution in [1.82, 2.24) is 0 Å². The molecule has 29 heavy (non-hydrogen) atoms. The largest absolute Gasteiger partial charge is 0.508 e. The number of benzene rings is 3. The van der Waals surface area contributed by atoms with E-state index in [0.29, 0.717) is 13.8 Å². The molecule has 0 saturated heterocycles. The molecule has 0 unspecified atom stereocenters. The topological polar surface area (TPSA) is 107 Å². The summed E-state index contributed by atoms with van der Waals surface area (Å²) in [6, 6.07) is 15.0. The molecule has 3 aromatic rings. The second-order valence-electron chi connectivity index (χ2n) is 5.32. The van der Waals surface area contributed by atoms with Gasteiger partial charge in [-0.25, -0.2) is 0 Å². The molecule has 0 aliphatic heterocycles. The van der Waals surface area contributed by atoms with Crippen molar-refractivity contribution >= 4 is 55.0 Å². The second kappa shape index (κ2) is 10.3. The smallest absolute Gasteiger partial charge is 0.305 e. The van der Waals surface area contributed by atoms with Crippen molar-refractivity contribution in [3.63, 3.8) is 0 Å². The summed E-state index contributed by atoms with van der Waals surface area (Å²) in [7, 11) is 0.